The molecule has 0 bridgehead atoms. The van der Waals surface area contributed by atoms with Crippen molar-refractivity contribution < 1.29 is 22.3 Å². The molecule has 0 aliphatic rings. The summed E-state index contributed by atoms with van der Waals surface area (Å²) < 4.78 is 57.0. The first kappa shape index (κ1) is 15.0. The average Bonchev–Trinajstić information content (AvgIpc) is 2.41. The van der Waals surface area contributed by atoms with Crippen molar-refractivity contribution >= 4 is 17.1 Å². The Kier molecular flexibility index (Phi) is 3.93. The van der Waals surface area contributed by atoms with Gasteiger partial charge >= 0.3 is 6.18 Å². The zero-order valence-corrected chi connectivity index (χ0v) is 11.0. The van der Waals surface area contributed by atoms with Crippen LogP contribution in [0.15, 0.2) is 36.4 Å². The van der Waals surface area contributed by atoms with Gasteiger partial charge in [0.05, 0.1) is 24.0 Å². The van der Waals surface area contributed by atoms with Gasteiger partial charge in [0, 0.05) is 11.8 Å². The van der Waals surface area contributed by atoms with Crippen molar-refractivity contribution in [3.8, 4) is 5.75 Å². The summed E-state index contributed by atoms with van der Waals surface area (Å²) in [5.41, 5.74) is 4.51. The highest BCUT2D eigenvalue weighted by Crippen LogP contribution is 2.38. The Bertz CT molecular complexity index is 656. The lowest BCUT2D eigenvalue weighted by Gasteiger charge is -2.17. The molecule has 21 heavy (non-hydrogen) atoms. The molecule has 0 radical (unpaired) electrons. The lowest BCUT2D eigenvalue weighted by Crippen LogP contribution is -2.10. The van der Waals surface area contributed by atoms with Crippen LogP contribution in [0.2, 0.25) is 0 Å². The summed E-state index contributed by atoms with van der Waals surface area (Å²) in [5, 5.41) is 2.59. The van der Waals surface area contributed by atoms with Crippen molar-refractivity contribution in [2.75, 3.05) is 18.2 Å². The minimum Gasteiger partial charge on any atom is -0.494 e. The Morgan fingerprint density at radius 3 is 2.33 bits per heavy atom. The van der Waals surface area contributed by atoms with E-state index < -0.39 is 17.6 Å². The molecule has 7 heteroatoms. The predicted octanol–water partition coefficient (Wildman–Crippen LogP) is 4.18. The number of alkyl halides is 3. The number of ether oxygens (including phenoxy) is 1. The third kappa shape index (κ3) is 3.36. The molecule has 2 aromatic rings. The number of methoxy groups -OCH3 is 1. The van der Waals surface area contributed by atoms with Crippen molar-refractivity contribution in [3.63, 3.8) is 0 Å². The van der Waals surface area contributed by atoms with E-state index in [1.54, 1.807) is 0 Å². The van der Waals surface area contributed by atoms with Crippen molar-refractivity contribution in [2.45, 2.75) is 6.18 Å². The number of hydrogen-bond donors (Lipinski definition) is 2. The summed E-state index contributed by atoms with van der Waals surface area (Å²) in [7, 11) is 1.30. The largest absolute Gasteiger partial charge is 0.494 e. The summed E-state index contributed by atoms with van der Waals surface area (Å²) in [6.07, 6.45) is -4.56. The Morgan fingerprint density at radius 2 is 1.71 bits per heavy atom. The first-order chi connectivity index (χ1) is 9.81. The number of anilines is 3. The highest BCUT2D eigenvalue weighted by molar-refractivity contribution is 5.70. The van der Waals surface area contributed by atoms with Crippen LogP contribution in [0.3, 0.4) is 0 Å². The lowest BCUT2D eigenvalue weighted by molar-refractivity contribution is -0.136. The van der Waals surface area contributed by atoms with Crippen LogP contribution in [0, 0.1) is 5.82 Å². The number of rotatable bonds is 3. The Balaban J connectivity index is 2.45. The van der Waals surface area contributed by atoms with Crippen LogP contribution < -0.4 is 15.8 Å². The lowest BCUT2D eigenvalue weighted by atomic mass is 10.1. The second-order valence-corrected chi connectivity index (χ2v) is 4.27. The van der Waals surface area contributed by atoms with Crippen molar-refractivity contribution in [3.05, 3.63) is 47.8 Å². The van der Waals surface area contributed by atoms with E-state index in [1.165, 1.54) is 25.3 Å². The summed E-state index contributed by atoms with van der Waals surface area (Å²) in [4.78, 5) is 0. The van der Waals surface area contributed by atoms with Crippen LogP contribution in [-0.4, -0.2) is 7.11 Å². The van der Waals surface area contributed by atoms with E-state index >= 15 is 0 Å². The smallest absolute Gasteiger partial charge is 0.418 e. The maximum atomic E-state index is 13.1. The summed E-state index contributed by atoms with van der Waals surface area (Å²) in [6.45, 7) is 0. The minimum absolute atomic E-state index is 0.000976. The van der Waals surface area contributed by atoms with Crippen LogP contribution >= 0.6 is 0 Å². The monoisotopic (exact) mass is 300 g/mol. The Morgan fingerprint density at radius 1 is 1.05 bits per heavy atom. The fourth-order valence-corrected chi connectivity index (χ4v) is 1.82. The van der Waals surface area contributed by atoms with E-state index in [4.69, 9.17) is 10.5 Å². The number of halogens is 4. The van der Waals surface area contributed by atoms with Gasteiger partial charge in [0.25, 0.3) is 0 Å². The highest BCUT2D eigenvalue weighted by atomic mass is 19.4. The fraction of sp³-hybridized carbons (Fsp3) is 0.143. The molecule has 2 aromatic carbocycles. The normalized spacial score (nSPS) is 11.3. The Hall–Kier alpha value is -2.44. The molecular formula is C14H12F4N2O. The number of benzene rings is 2. The molecule has 0 saturated carbocycles. The summed E-state index contributed by atoms with van der Waals surface area (Å²) in [6, 6.07) is 6.87. The minimum atomic E-state index is -4.56. The van der Waals surface area contributed by atoms with E-state index in [0.29, 0.717) is 0 Å². The molecule has 3 N–H and O–H groups in total. The molecule has 0 aliphatic heterocycles. The van der Waals surface area contributed by atoms with Crippen LogP contribution in [0.5, 0.6) is 5.75 Å². The van der Waals surface area contributed by atoms with E-state index in [0.717, 1.165) is 18.2 Å². The molecule has 0 unspecified atom stereocenters. The third-order valence-corrected chi connectivity index (χ3v) is 2.78. The molecule has 0 saturated heterocycles. The average molecular weight is 300 g/mol. The van der Waals surface area contributed by atoms with Crippen LogP contribution in [0.4, 0.5) is 34.6 Å². The number of nitrogens with two attached hydrogens (primary N) is 1. The van der Waals surface area contributed by atoms with E-state index in [2.05, 4.69) is 5.32 Å². The SMILES string of the molecule is COc1cc(F)ccc1Nc1ccc(N)cc1C(F)(F)F. The molecule has 0 heterocycles. The van der Waals surface area contributed by atoms with Crippen molar-refractivity contribution in [2.24, 2.45) is 0 Å². The number of nitrogen functional groups attached to an aromatic ring is 1. The molecule has 0 atom stereocenters. The van der Waals surface area contributed by atoms with Gasteiger partial charge in [-0.05, 0) is 30.3 Å². The zero-order chi connectivity index (χ0) is 15.6. The fourth-order valence-electron chi connectivity index (χ4n) is 1.82. The standard InChI is InChI=1S/C14H12F4N2O/c1-21-13-6-8(15)2-4-12(13)20-11-5-3-9(19)7-10(11)14(16,17)18/h2-7,20H,19H2,1H3. The molecule has 112 valence electrons. The Labute approximate surface area is 118 Å². The van der Waals surface area contributed by atoms with Crippen molar-refractivity contribution in [1.82, 2.24) is 0 Å². The summed E-state index contributed by atoms with van der Waals surface area (Å²) in [5.74, 6) is -0.453. The zero-order valence-electron chi connectivity index (χ0n) is 11.0. The maximum absolute atomic E-state index is 13.1. The van der Waals surface area contributed by atoms with Gasteiger partial charge in [-0.15, -0.1) is 0 Å². The quantitative estimate of drug-likeness (QED) is 0.660. The van der Waals surface area contributed by atoms with Gasteiger partial charge in [-0.1, -0.05) is 0 Å². The van der Waals surface area contributed by atoms with E-state index in [9.17, 15) is 17.6 Å². The molecule has 0 aromatic heterocycles. The van der Waals surface area contributed by atoms with Crippen LogP contribution in [0.1, 0.15) is 5.56 Å². The van der Waals surface area contributed by atoms with Gasteiger partial charge in [0.2, 0.25) is 0 Å². The molecule has 0 aliphatic carbocycles. The van der Waals surface area contributed by atoms with Gasteiger partial charge in [0.15, 0.2) is 0 Å². The second-order valence-electron chi connectivity index (χ2n) is 4.27. The predicted molar refractivity (Wildman–Crippen MR) is 72.1 cm³/mol. The summed E-state index contributed by atoms with van der Waals surface area (Å²) >= 11 is 0. The molecular weight excluding hydrogens is 288 g/mol. The third-order valence-electron chi connectivity index (χ3n) is 2.78. The molecule has 0 fully saturated rings. The van der Waals surface area contributed by atoms with Gasteiger partial charge in [-0.25, -0.2) is 4.39 Å². The van der Waals surface area contributed by atoms with Crippen LogP contribution in [-0.2, 0) is 6.18 Å². The van der Waals surface area contributed by atoms with E-state index in [-0.39, 0.29) is 22.8 Å². The maximum Gasteiger partial charge on any atom is 0.418 e. The topological polar surface area (TPSA) is 47.3 Å². The first-order valence-corrected chi connectivity index (χ1v) is 5.88. The van der Waals surface area contributed by atoms with Crippen LogP contribution in [0.25, 0.3) is 0 Å². The number of nitrogens with one attached hydrogen (secondary N) is 1. The molecule has 0 amide bonds. The highest BCUT2D eigenvalue weighted by Gasteiger charge is 2.34. The molecule has 2 rings (SSSR count). The van der Waals surface area contributed by atoms with Gasteiger partial charge in [-0.3, -0.25) is 0 Å². The molecule has 3 nitrogen and oxygen atoms in total. The number of hydrogen-bond acceptors (Lipinski definition) is 3. The van der Waals surface area contributed by atoms with Gasteiger partial charge < -0.3 is 15.8 Å². The van der Waals surface area contributed by atoms with Crippen molar-refractivity contribution in [1.29, 1.82) is 0 Å². The first-order valence-electron chi connectivity index (χ1n) is 5.88. The molecule has 0 spiro atoms. The van der Waals surface area contributed by atoms with E-state index in [1.807, 2.05) is 0 Å². The second kappa shape index (κ2) is 5.51. The van der Waals surface area contributed by atoms with Gasteiger partial charge in [0.1, 0.15) is 11.6 Å². The van der Waals surface area contributed by atoms with Gasteiger partial charge in [-0.2, -0.15) is 13.2 Å².